The van der Waals surface area contributed by atoms with Crippen molar-refractivity contribution in [1.29, 1.82) is 0 Å². The maximum absolute atomic E-state index is 14.1. The van der Waals surface area contributed by atoms with Crippen LogP contribution in [-0.4, -0.2) is 37.1 Å². The van der Waals surface area contributed by atoms with Crippen LogP contribution in [0, 0.1) is 0 Å². The van der Waals surface area contributed by atoms with Crippen molar-refractivity contribution < 1.29 is 13.2 Å². The predicted octanol–water partition coefficient (Wildman–Crippen LogP) is 9.53. The predicted molar refractivity (Wildman–Crippen MR) is 248 cm³/mol. The summed E-state index contributed by atoms with van der Waals surface area (Å²) < 4.78 is 42.6. The van der Waals surface area contributed by atoms with Crippen LogP contribution < -0.4 is 16.4 Å². The lowest BCUT2D eigenvalue weighted by Crippen LogP contribution is -2.40. The highest BCUT2D eigenvalue weighted by Crippen LogP contribution is 2.31. The molecule has 0 amide bonds. The molecule has 2 aromatic heterocycles. The first-order valence-corrected chi connectivity index (χ1v) is 21.7. The number of nitrogens with zero attached hydrogens (tertiary/aromatic N) is 5. The van der Waals surface area contributed by atoms with Crippen LogP contribution in [-0.2, 0) is 51.5 Å². The van der Waals surface area contributed by atoms with Gasteiger partial charge in [0.15, 0.2) is 0 Å². The molecule has 12 heteroatoms. The van der Waals surface area contributed by atoms with E-state index >= 15 is 0 Å². The van der Waals surface area contributed by atoms with E-state index in [1.54, 1.807) is 0 Å². The molecule has 1 N–H and O–H groups in total. The molecular weight excluding hydrogens is 833 g/mol. The number of hydrogen-bond donors (Lipinski definition) is 1. The van der Waals surface area contributed by atoms with Crippen LogP contribution in [0.3, 0.4) is 0 Å². The van der Waals surface area contributed by atoms with Crippen LogP contribution in [0.2, 0.25) is 0 Å². The van der Waals surface area contributed by atoms with Gasteiger partial charge in [-0.15, -0.1) is 12.4 Å². The SMILES string of the molecule is CCc1nc2c(c(=O)n1C(c1ccccc1)c1ccccc1)CN(Cc1ccc(C(F)(F)F)cc1)CC2.CCc1nc2c(c(=O)n1C(c1ccccc1)c1ccccc1)CNCC2.Cl. The summed E-state index contributed by atoms with van der Waals surface area (Å²) in [5.41, 5.74) is 7.60. The van der Waals surface area contributed by atoms with Crippen LogP contribution in [0.5, 0.6) is 0 Å². The van der Waals surface area contributed by atoms with Crippen LogP contribution in [0.1, 0.15) is 93.5 Å². The highest BCUT2D eigenvalue weighted by atomic mass is 35.5. The summed E-state index contributed by atoms with van der Waals surface area (Å²) >= 11 is 0. The summed E-state index contributed by atoms with van der Waals surface area (Å²) in [6.45, 7) is 7.12. The molecule has 8 nitrogen and oxygen atoms in total. The summed E-state index contributed by atoms with van der Waals surface area (Å²) in [7, 11) is 0. The second kappa shape index (κ2) is 20.6. The normalized spacial score (nSPS) is 13.7. The Labute approximate surface area is 377 Å². The van der Waals surface area contributed by atoms with Crippen LogP contribution in [0.15, 0.2) is 155 Å². The minimum absolute atomic E-state index is 0. The fraction of sp³-hybridized carbons (Fsp3) is 0.269. The van der Waals surface area contributed by atoms with Crippen molar-refractivity contribution in [3.8, 4) is 0 Å². The Morgan fingerprint density at radius 3 is 1.44 bits per heavy atom. The van der Waals surface area contributed by atoms with Gasteiger partial charge in [0.05, 0.1) is 40.2 Å². The van der Waals surface area contributed by atoms with Gasteiger partial charge in [-0.3, -0.25) is 23.6 Å². The largest absolute Gasteiger partial charge is 0.416 e. The number of aromatic nitrogens is 4. The lowest BCUT2D eigenvalue weighted by atomic mass is 9.97. The zero-order valence-corrected chi connectivity index (χ0v) is 36.8. The summed E-state index contributed by atoms with van der Waals surface area (Å²) in [6, 6.07) is 45.1. The molecule has 5 aromatic carbocycles. The molecule has 0 bridgehead atoms. The molecule has 330 valence electrons. The summed E-state index contributed by atoms with van der Waals surface area (Å²) in [5.74, 6) is 1.60. The fourth-order valence-electron chi connectivity index (χ4n) is 8.81. The molecule has 0 saturated carbocycles. The highest BCUT2D eigenvalue weighted by molar-refractivity contribution is 5.85. The number of nitrogens with one attached hydrogen (secondary N) is 1. The average Bonchev–Trinajstić information content (AvgIpc) is 3.32. The standard InChI is InChI=1S/C30H28F3N3O.C22H23N3O.ClH/c1-2-27-34-26-17-18-35(19-21-13-15-24(16-14-21)30(31,32)33)20-25(26)29(37)36(27)28(22-9-5-3-6-10-22)23-11-7-4-8-12-23;1-2-20-24-19-13-14-23-15-18(19)22(26)25(20)21(16-9-5-3-6-10-16)17-11-7-4-8-12-17;/h3-16,28H,2,17-20H2,1H3;3-12,21,23H,2,13-15H2,1H3;1H. The van der Waals surface area contributed by atoms with Crippen molar-refractivity contribution in [3.05, 3.63) is 234 Å². The molecule has 0 atom stereocenters. The van der Waals surface area contributed by atoms with Crippen LogP contribution in [0.4, 0.5) is 13.2 Å². The van der Waals surface area contributed by atoms with Gasteiger partial charge < -0.3 is 5.32 Å². The van der Waals surface area contributed by atoms with E-state index < -0.39 is 11.7 Å². The smallest absolute Gasteiger partial charge is 0.312 e. The van der Waals surface area contributed by atoms with Crippen molar-refractivity contribution in [2.24, 2.45) is 0 Å². The van der Waals surface area contributed by atoms with Gasteiger partial charge in [-0.1, -0.05) is 147 Å². The fourth-order valence-corrected chi connectivity index (χ4v) is 8.81. The number of fused-ring (bicyclic) bond motifs is 2. The van der Waals surface area contributed by atoms with E-state index in [9.17, 15) is 22.8 Å². The van der Waals surface area contributed by atoms with Gasteiger partial charge in [0.1, 0.15) is 11.6 Å². The Morgan fingerprint density at radius 2 is 1.02 bits per heavy atom. The van der Waals surface area contributed by atoms with Crippen molar-refractivity contribution in [3.63, 3.8) is 0 Å². The van der Waals surface area contributed by atoms with Gasteiger partial charge in [0.2, 0.25) is 0 Å². The van der Waals surface area contributed by atoms with E-state index in [4.69, 9.17) is 9.97 Å². The van der Waals surface area contributed by atoms with Crippen molar-refractivity contribution >= 4 is 12.4 Å². The quantitative estimate of drug-likeness (QED) is 0.147. The third kappa shape index (κ3) is 9.97. The zero-order chi connectivity index (χ0) is 43.9. The molecule has 0 radical (unpaired) electrons. The van der Waals surface area contributed by atoms with E-state index in [0.29, 0.717) is 44.6 Å². The Balaban J connectivity index is 0.000000200. The molecule has 0 fully saturated rings. The first kappa shape index (κ1) is 45.9. The number of halogens is 4. The van der Waals surface area contributed by atoms with E-state index in [2.05, 4.69) is 41.4 Å². The Hall–Kier alpha value is -6.14. The lowest BCUT2D eigenvalue weighted by Gasteiger charge is -2.31. The van der Waals surface area contributed by atoms with E-state index in [1.807, 2.05) is 113 Å². The van der Waals surface area contributed by atoms with Gasteiger partial charge in [-0.25, -0.2) is 9.97 Å². The molecular formula is C52H52ClF3N6O2. The molecule has 0 unspecified atom stereocenters. The van der Waals surface area contributed by atoms with E-state index in [0.717, 1.165) is 87.9 Å². The number of hydrogen-bond acceptors (Lipinski definition) is 6. The molecule has 4 heterocycles. The van der Waals surface area contributed by atoms with Crippen LogP contribution >= 0.6 is 12.4 Å². The lowest BCUT2D eigenvalue weighted by molar-refractivity contribution is -0.137. The second-order valence-electron chi connectivity index (χ2n) is 16.0. The van der Waals surface area contributed by atoms with Gasteiger partial charge >= 0.3 is 6.18 Å². The summed E-state index contributed by atoms with van der Waals surface area (Å²) in [4.78, 5) is 39.5. The molecule has 2 aliphatic heterocycles. The maximum Gasteiger partial charge on any atom is 0.416 e. The number of benzene rings is 5. The molecule has 64 heavy (non-hydrogen) atoms. The maximum atomic E-state index is 14.1. The minimum Gasteiger partial charge on any atom is -0.312 e. The third-order valence-corrected chi connectivity index (χ3v) is 11.9. The summed E-state index contributed by atoms with van der Waals surface area (Å²) in [6.07, 6.45) is -1.56. The van der Waals surface area contributed by atoms with Gasteiger partial charge in [0, 0.05) is 58.4 Å². The third-order valence-electron chi connectivity index (χ3n) is 11.9. The Bertz CT molecular complexity index is 2670. The molecule has 0 saturated heterocycles. The topological polar surface area (TPSA) is 85.1 Å². The molecule has 2 aliphatic rings. The summed E-state index contributed by atoms with van der Waals surface area (Å²) in [5, 5.41) is 3.31. The molecule has 0 spiro atoms. The Morgan fingerprint density at radius 1 is 0.594 bits per heavy atom. The van der Waals surface area contributed by atoms with Crippen molar-refractivity contribution in [2.75, 3.05) is 13.1 Å². The number of aryl methyl sites for hydroxylation is 2. The van der Waals surface area contributed by atoms with Crippen molar-refractivity contribution in [2.45, 2.75) is 77.4 Å². The Kier molecular flexibility index (Phi) is 14.7. The highest BCUT2D eigenvalue weighted by Gasteiger charge is 2.31. The first-order chi connectivity index (χ1) is 30.6. The molecule has 0 aliphatic carbocycles. The second-order valence-corrected chi connectivity index (χ2v) is 16.0. The van der Waals surface area contributed by atoms with Gasteiger partial charge in [0.25, 0.3) is 11.1 Å². The monoisotopic (exact) mass is 884 g/mol. The zero-order valence-electron chi connectivity index (χ0n) is 36.0. The molecule has 7 aromatic rings. The van der Waals surface area contributed by atoms with E-state index in [1.165, 1.54) is 12.1 Å². The van der Waals surface area contributed by atoms with Gasteiger partial charge in [-0.05, 0) is 39.9 Å². The first-order valence-electron chi connectivity index (χ1n) is 21.7. The van der Waals surface area contributed by atoms with E-state index in [-0.39, 0.29) is 35.6 Å². The minimum atomic E-state index is -4.36. The van der Waals surface area contributed by atoms with Crippen molar-refractivity contribution in [1.82, 2.24) is 29.3 Å². The number of rotatable bonds is 10. The molecule has 9 rings (SSSR count). The van der Waals surface area contributed by atoms with Gasteiger partial charge in [-0.2, -0.15) is 13.2 Å². The average molecular weight is 885 g/mol. The van der Waals surface area contributed by atoms with Crippen LogP contribution in [0.25, 0.3) is 0 Å². The number of alkyl halides is 3.